The lowest BCUT2D eigenvalue weighted by Gasteiger charge is -2.38. The van der Waals surface area contributed by atoms with Crippen LogP contribution in [0.25, 0.3) is 0 Å². The van der Waals surface area contributed by atoms with Crippen LogP contribution < -0.4 is 0 Å². The number of rotatable bonds is 4. The minimum absolute atomic E-state index is 0.750. The van der Waals surface area contributed by atoms with E-state index in [0.717, 1.165) is 28.4 Å². The fourth-order valence-electron chi connectivity index (χ4n) is 2.70. The van der Waals surface area contributed by atoms with Crippen LogP contribution in [-0.4, -0.2) is 13.4 Å². The van der Waals surface area contributed by atoms with E-state index in [9.17, 15) is 0 Å². The monoisotopic (exact) mass is 288 g/mol. The van der Waals surface area contributed by atoms with E-state index in [1.54, 1.807) is 0 Å². The zero-order valence-electron chi connectivity index (χ0n) is 11.0. The van der Waals surface area contributed by atoms with Crippen LogP contribution in [0, 0.1) is 11.5 Å². The SMILES string of the molecule is CC(C)[Si](C#CCCBr)(C(C)C)C(C)C. The Morgan fingerprint density at radius 2 is 1.33 bits per heavy atom. The molecule has 0 aliphatic rings. The van der Waals surface area contributed by atoms with Gasteiger partial charge in [0.15, 0.2) is 0 Å². The van der Waals surface area contributed by atoms with Gasteiger partial charge in [-0.3, -0.25) is 0 Å². The number of alkyl halides is 1. The standard InChI is InChI=1S/C13H25BrSi/c1-11(2)15(12(3)4,13(5)6)10-8-7-9-14/h11-13H,7,9H2,1-6H3. The van der Waals surface area contributed by atoms with Gasteiger partial charge in [0.1, 0.15) is 8.07 Å². The van der Waals surface area contributed by atoms with E-state index >= 15 is 0 Å². The first-order valence-electron chi connectivity index (χ1n) is 5.95. The van der Waals surface area contributed by atoms with E-state index in [1.165, 1.54) is 0 Å². The molecular formula is C13H25BrSi. The predicted molar refractivity (Wildman–Crippen MR) is 77.2 cm³/mol. The normalized spacial score (nSPS) is 12.1. The van der Waals surface area contributed by atoms with Gasteiger partial charge in [0.05, 0.1) is 0 Å². The van der Waals surface area contributed by atoms with Gasteiger partial charge in [-0.2, -0.15) is 0 Å². The van der Waals surface area contributed by atoms with Gasteiger partial charge in [-0.25, -0.2) is 0 Å². The van der Waals surface area contributed by atoms with Gasteiger partial charge in [-0.15, -0.1) is 11.5 Å². The average molecular weight is 289 g/mol. The van der Waals surface area contributed by atoms with Crippen LogP contribution >= 0.6 is 15.9 Å². The van der Waals surface area contributed by atoms with Crippen LogP contribution in [0.2, 0.25) is 16.6 Å². The van der Waals surface area contributed by atoms with Crippen LogP contribution in [0.4, 0.5) is 0 Å². The minimum atomic E-state index is -1.45. The molecular weight excluding hydrogens is 264 g/mol. The van der Waals surface area contributed by atoms with Crippen molar-refractivity contribution in [1.82, 2.24) is 0 Å². The van der Waals surface area contributed by atoms with Gasteiger partial charge < -0.3 is 0 Å². The molecule has 0 nitrogen and oxygen atoms in total. The molecule has 0 radical (unpaired) electrons. The second-order valence-corrected chi connectivity index (χ2v) is 11.5. The molecule has 0 atom stereocenters. The molecule has 0 spiro atoms. The maximum atomic E-state index is 3.69. The Morgan fingerprint density at radius 1 is 0.933 bits per heavy atom. The van der Waals surface area contributed by atoms with Crippen molar-refractivity contribution in [2.24, 2.45) is 0 Å². The van der Waals surface area contributed by atoms with E-state index in [4.69, 9.17) is 0 Å². The largest absolute Gasteiger partial charge is 0.145 e. The van der Waals surface area contributed by atoms with Crippen molar-refractivity contribution in [3.05, 3.63) is 0 Å². The molecule has 2 heteroatoms. The number of halogens is 1. The highest BCUT2D eigenvalue weighted by atomic mass is 79.9. The Bertz CT molecular complexity index is 211. The van der Waals surface area contributed by atoms with Crippen molar-refractivity contribution in [2.75, 3.05) is 5.33 Å². The molecule has 0 fully saturated rings. The van der Waals surface area contributed by atoms with Crippen molar-refractivity contribution >= 4 is 24.0 Å². The Morgan fingerprint density at radius 3 is 1.60 bits per heavy atom. The number of hydrogen-bond acceptors (Lipinski definition) is 0. The second-order valence-electron chi connectivity index (χ2n) is 5.14. The zero-order valence-corrected chi connectivity index (χ0v) is 13.6. The summed E-state index contributed by atoms with van der Waals surface area (Å²) in [5.74, 6) is 3.38. The van der Waals surface area contributed by atoms with E-state index in [2.05, 4.69) is 68.9 Å². The summed E-state index contributed by atoms with van der Waals surface area (Å²) < 4.78 is 0. The molecule has 0 amide bonds. The summed E-state index contributed by atoms with van der Waals surface area (Å²) in [6.07, 6.45) is 0.987. The van der Waals surface area contributed by atoms with Crippen molar-refractivity contribution in [2.45, 2.75) is 64.6 Å². The molecule has 15 heavy (non-hydrogen) atoms. The fourth-order valence-corrected chi connectivity index (χ4v) is 8.19. The summed E-state index contributed by atoms with van der Waals surface area (Å²) in [6, 6.07) is 0. The smallest absolute Gasteiger partial charge is 0.130 e. The third-order valence-electron chi connectivity index (χ3n) is 3.39. The molecule has 0 bridgehead atoms. The summed E-state index contributed by atoms with van der Waals surface area (Å²) in [7, 11) is -1.45. The zero-order chi connectivity index (χ0) is 12.1. The molecule has 0 unspecified atom stereocenters. The van der Waals surface area contributed by atoms with Gasteiger partial charge in [0.2, 0.25) is 0 Å². The van der Waals surface area contributed by atoms with Gasteiger partial charge >= 0.3 is 0 Å². The second kappa shape index (κ2) is 6.76. The fraction of sp³-hybridized carbons (Fsp3) is 0.846. The molecule has 0 aliphatic heterocycles. The molecule has 0 saturated carbocycles. The van der Waals surface area contributed by atoms with Crippen LogP contribution in [0.15, 0.2) is 0 Å². The molecule has 0 heterocycles. The van der Waals surface area contributed by atoms with Gasteiger partial charge in [0, 0.05) is 11.8 Å². The lowest BCUT2D eigenvalue weighted by molar-refractivity contribution is 0.838. The van der Waals surface area contributed by atoms with E-state index in [1.807, 2.05) is 0 Å². The summed E-state index contributed by atoms with van der Waals surface area (Å²) in [6.45, 7) is 14.1. The first-order chi connectivity index (χ1) is 6.89. The Labute approximate surface area is 105 Å². The lowest BCUT2D eigenvalue weighted by atomic mass is 10.5. The van der Waals surface area contributed by atoms with E-state index < -0.39 is 8.07 Å². The maximum absolute atomic E-state index is 3.69. The highest BCUT2D eigenvalue weighted by molar-refractivity contribution is 9.09. The van der Waals surface area contributed by atoms with Crippen molar-refractivity contribution in [1.29, 1.82) is 0 Å². The Balaban J connectivity index is 5.08. The van der Waals surface area contributed by atoms with Crippen molar-refractivity contribution in [3.8, 4) is 11.5 Å². The van der Waals surface area contributed by atoms with Crippen LogP contribution in [0.3, 0.4) is 0 Å². The molecule has 0 aromatic rings. The summed E-state index contributed by atoms with van der Waals surface area (Å²) in [4.78, 5) is 0. The third kappa shape index (κ3) is 3.64. The summed E-state index contributed by atoms with van der Waals surface area (Å²) in [5, 5.41) is 0.999. The molecule has 0 aromatic heterocycles. The van der Waals surface area contributed by atoms with Crippen molar-refractivity contribution in [3.63, 3.8) is 0 Å². The Hall–Kier alpha value is 0.257. The molecule has 0 aromatic carbocycles. The quantitative estimate of drug-likeness (QED) is 0.388. The number of hydrogen-bond donors (Lipinski definition) is 0. The molecule has 88 valence electrons. The van der Waals surface area contributed by atoms with Gasteiger partial charge in [-0.1, -0.05) is 57.5 Å². The summed E-state index contributed by atoms with van der Waals surface area (Å²) >= 11 is 3.44. The lowest BCUT2D eigenvalue weighted by Crippen LogP contribution is -2.43. The van der Waals surface area contributed by atoms with Gasteiger partial charge in [0.25, 0.3) is 0 Å². The average Bonchev–Trinajstić information content (AvgIpc) is 2.10. The Kier molecular flexibility index (Phi) is 6.87. The predicted octanol–water partition coefficient (Wildman–Crippen LogP) is 4.99. The van der Waals surface area contributed by atoms with Crippen LogP contribution in [0.1, 0.15) is 48.0 Å². The van der Waals surface area contributed by atoms with Gasteiger partial charge in [-0.05, 0) is 16.6 Å². The molecule has 0 rings (SSSR count). The first kappa shape index (κ1) is 15.3. The molecule has 0 saturated heterocycles. The highest BCUT2D eigenvalue weighted by Crippen LogP contribution is 2.40. The third-order valence-corrected chi connectivity index (χ3v) is 10.1. The molecule has 0 aliphatic carbocycles. The minimum Gasteiger partial charge on any atom is -0.130 e. The van der Waals surface area contributed by atoms with Crippen molar-refractivity contribution < 1.29 is 0 Å². The van der Waals surface area contributed by atoms with E-state index in [-0.39, 0.29) is 0 Å². The van der Waals surface area contributed by atoms with E-state index in [0.29, 0.717) is 0 Å². The topological polar surface area (TPSA) is 0 Å². The van der Waals surface area contributed by atoms with Crippen LogP contribution in [0.5, 0.6) is 0 Å². The van der Waals surface area contributed by atoms with Crippen LogP contribution in [-0.2, 0) is 0 Å². The molecule has 0 N–H and O–H groups in total. The maximum Gasteiger partial charge on any atom is 0.145 e. The highest BCUT2D eigenvalue weighted by Gasteiger charge is 2.41. The first-order valence-corrected chi connectivity index (χ1v) is 9.30. The summed E-state index contributed by atoms with van der Waals surface area (Å²) in [5.41, 5.74) is 5.94.